The molecule has 0 fully saturated rings. The molecule has 30 heavy (non-hydrogen) atoms. The highest BCUT2D eigenvalue weighted by Crippen LogP contribution is 2.24. The van der Waals surface area contributed by atoms with E-state index >= 15 is 0 Å². The molecule has 1 heterocycles. The summed E-state index contributed by atoms with van der Waals surface area (Å²) in [7, 11) is -3.57. The highest BCUT2D eigenvalue weighted by molar-refractivity contribution is 7.92. The number of aromatic nitrogens is 1. The van der Waals surface area contributed by atoms with E-state index in [9.17, 15) is 13.2 Å². The third kappa shape index (κ3) is 5.65. The predicted molar refractivity (Wildman–Crippen MR) is 118 cm³/mol. The smallest absolute Gasteiger partial charge is 0.267 e. The maximum atomic E-state index is 12.3. The Morgan fingerprint density at radius 3 is 2.50 bits per heavy atom. The molecule has 0 spiro atoms. The average Bonchev–Trinajstić information content (AvgIpc) is 2.73. The number of hydrogen-bond acceptors (Lipinski definition) is 5. The quantitative estimate of drug-likeness (QED) is 0.448. The van der Waals surface area contributed by atoms with Gasteiger partial charge in [0.25, 0.3) is 5.91 Å². The number of hydrazone groups is 1. The van der Waals surface area contributed by atoms with Crippen LogP contribution >= 0.6 is 11.6 Å². The molecule has 0 unspecified atom stereocenters. The van der Waals surface area contributed by atoms with Crippen LogP contribution in [0.25, 0.3) is 0 Å². The number of benzene rings is 2. The molecule has 0 bridgehead atoms. The molecule has 1 aromatic heterocycles. The van der Waals surface area contributed by atoms with Gasteiger partial charge in [0, 0.05) is 28.5 Å². The van der Waals surface area contributed by atoms with Crippen LogP contribution in [0.5, 0.6) is 0 Å². The standard InChI is InChI=1S/C21H19ClN4O3S/c1-30(28,29)26(15-18-6-2-3-7-20(18)22)19-10-8-17(9-11-19)21(27)25-24-14-16-5-4-12-23-13-16/h2-14H,15H2,1H3,(H,25,27)/b24-14-. The lowest BCUT2D eigenvalue weighted by molar-refractivity contribution is 0.0955. The molecular formula is C21H19ClN4O3S. The summed E-state index contributed by atoms with van der Waals surface area (Å²) >= 11 is 6.17. The largest absolute Gasteiger partial charge is 0.271 e. The highest BCUT2D eigenvalue weighted by Gasteiger charge is 2.19. The molecule has 0 aliphatic heterocycles. The van der Waals surface area contributed by atoms with Crippen molar-refractivity contribution in [2.45, 2.75) is 6.54 Å². The fraction of sp³-hybridized carbons (Fsp3) is 0.0952. The van der Waals surface area contributed by atoms with Crippen molar-refractivity contribution in [3.63, 3.8) is 0 Å². The molecule has 0 aliphatic rings. The third-order valence-corrected chi connectivity index (χ3v) is 5.66. The van der Waals surface area contributed by atoms with Crippen LogP contribution in [0, 0.1) is 0 Å². The Bertz CT molecular complexity index is 1150. The summed E-state index contributed by atoms with van der Waals surface area (Å²) in [5.41, 5.74) is 4.62. The molecular weight excluding hydrogens is 424 g/mol. The van der Waals surface area contributed by atoms with Gasteiger partial charge in [-0.05, 0) is 42.0 Å². The summed E-state index contributed by atoms with van der Waals surface area (Å²) in [6.07, 6.45) is 5.86. The summed E-state index contributed by atoms with van der Waals surface area (Å²) < 4.78 is 25.9. The molecule has 0 aliphatic carbocycles. The number of hydrogen-bond donors (Lipinski definition) is 1. The Hall–Kier alpha value is -3.23. The van der Waals surface area contributed by atoms with Crippen LogP contribution in [0.15, 0.2) is 78.2 Å². The van der Waals surface area contributed by atoms with E-state index in [1.807, 2.05) is 0 Å². The van der Waals surface area contributed by atoms with Gasteiger partial charge in [-0.1, -0.05) is 35.9 Å². The van der Waals surface area contributed by atoms with Crippen molar-refractivity contribution in [1.82, 2.24) is 10.4 Å². The molecule has 9 heteroatoms. The number of rotatable bonds is 7. The van der Waals surface area contributed by atoms with E-state index in [0.717, 1.165) is 11.8 Å². The first kappa shape index (κ1) is 21.5. The van der Waals surface area contributed by atoms with E-state index < -0.39 is 15.9 Å². The Morgan fingerprint density at radius 2 is 1.87 bits per heavy atom. The highest BCUT2D eigenvalue weighted by atomic mass is 35.5. The second-order valence-corrected chi connectivity index (χ2v) is 8.71. The first-order chi connectivity index (χ1) is 14.3. The number of amides is 1. The summed E-state index contributed by atoms with van der Waals surface area (Å²) in [6.45, 7) is 0.0828. The van der Waals surface area contributed by atoms with Gasteiger partial charge in [0.2, 0.25) is 10.0 Å². The maximum absolute atomic E-state index is 12.3. The zero-order chi connectivity index (χ0) is 21.6. The lowest BCUT2D eigenvalue weighted by atomic mass is 10.2. The van der Waals surface area contributed by atoms with E-state index in [4.69, 9.17) is 11.6 Å². The summed E-state index contributed by atoms with van der Waals surface area (Å²) in [5.74, 6) is -0.418. The molecule has 3 rings (SSSR count). The second-order valence-electron chi connectivity index (χ2n) is 6.39. The van der Waals surface area contributed by atoms with Gasteiger partial charge in [0.1, 0.15) is 0 Å². The lowest BCUT2D eigenvalue weighted by Crippen LogP contribution is -2.29. The van der Waals surface area contributed by atoms with E-state index in [1.165, 1.54) is 22.7 Å². The number of halogens is 1. The molecule has 7 nitrogen and oxygen atoms in total. The fourth-order valence-corrected chi connectivity index (χ4v) is 3.72. The van der Waals surface area contributed by atoms with Gasteiger partial charge in [-0.25, -0.2) is 13.8 Å². The molecule has 0 saturated heterocycles. The van der Waals surface area contributed by atoms with Crippen molar-refractivity contribution in [3.05, 3.63) is 94.8 Å². The number of carbonyl (C=O) groups excluding carboxylic acids is 1. The first-order valence-corrected chi connectivity index (χ1v) is 11.1. The molecule has 3 aromatic rings. The number of nitrogens with zero attached hydrogens (tertiary/aromatic N) is 3. The second kappa shape index (κ2) is 9.51. The Kier molecular flexibility index (Phi) is 6.81. The van der Waals surface area contributed by atoms with Crippen LogP contribution in [0.2, 0.25) is 5.02 Å². The van der Waals surface area contributed by atoms with Gasteiger partial charge >= 0.3 is 0 Å². The number of nitrogens with one attached hydrogen (secondary N) is 1. The van der Waals surface area contributed by atoms with E-state index in [-0.39, 0.29) is 6.54 Å². The molecule has 1 amide bonds. The molecule has 1 N–H and O–H groups in total. The molecule has 0 radical (unpaired) electrons. The zero-order valence-corrected chi connectivity index (χ0v) is 17.6. The number of sulfonamides is 1. The lowest BCUT2D eigenvalue weighted by Gasteiger charge is -2.23. The van der Waals surface area contributed by atoms with Crippen LogP contribution in [0.3, 0.4) is 0 Å². The fourth-order valence-electron chi connectivity index (χ4n) is 2.64. The average molecular weight is 443 g/mol. The van der Waals surface area contributed by atoms with Crippen molar-refractivity contribution in [3.8, 4) is 0 Å². The van der Waals surface area contributed by atoms with Gasteiger partial charge in [-0.2, -0.15) is 5.10 Å². The summed E-state index contributed by atoms with van der Waals surface area (Å²) in [6, 6.07) is 16.8. The van der Waals surface area contributed by atoms with Gasteiger partial charge < -0.3 is 0 Å². The van der Waals surface area contributed by atoms with Crippen molar-refractivity contribution in [1.29, 1.82) is 0 Å². The van der Waals surface area contributed by atoms with Gasteiger partial charge in [0.15, 0.2) is 0 Å². The van der Waals surface area contributed by atoms with Crippen molar-refractivity contribution >= 4 is 39.4 Å². The zero-order valence-electron chi connectivity index (χ0n) is 16.1. The molecule has 154 valence electrons. The summed E-state index contributed by atoms with van der Waals surface area (Å²) in [5, 5.41) is 4.37. The topological polar surface area (TPSA) is 91.7 Å². The van der Waals surface area contributed by atoms with Crippen LogP contribution < -0.4 is 9.73 Å². The van der Waals surface area contributed by atoms with Gasteiger partial charge in [0.05, 0.1) is 24.7 Å². The minimum atomic E-state index is -3.57. The Labute approximate surface area is 180 Å². The minimum Gasteiger partial charge on any atom is -0.267 e. The van der Waals surface area contributed by atoms with E-state index in [0.29, 0.717) is 21.8 Å². The van der Waals surface area contributed by atoms with Crippen molar-refractivity contribution in [2.75, 3.05) is 10.6 Å². The number of pyridine rings is 1. The SMILES string of the molecule is CS(=O)(=O)N(Cc1ccccc1Cl)c1ccc(C(=O)N/N=C\c2cccnc2)cc1. The maximum Gasteiger partial charge on any atom is 0.271 e. The van der Waals surface area contributed by atoms with Crippen LogP contribution in [-0.2, 0) is 16.6 Å². The Morgan fingerprint density at radius 1 is 1.13 bits per heavy atom. The van der Waals surface area contributed by atoms with E-state index in [1.54, 1.807) is 60.9 Å². The first-order valence-electron chi connectivity index (χ1n) is 8.89. The monoisotopic (exact) mass is 442 g/mol. The molecule has 2 aromatic carbocycles. The van der Waals surface area contributed by atoms with Gasteiger partial charge in [-0.15, -0.1) is 0 Å². The number of anilines is 1. The minimum absolute atomic E-state index is 0.0828. The Balaban J connectivity index is 1.74. The van der Waals surface area contributed by atoms with Crippen molar-refractivity contribution < 1.29 is 13.2 Å². The number of carbonyl (C=O) groups is 1. The van der Waals surface area contributed by atoms with Crippen LogP contribution in [0.1, 0.15) is 21.5 Å². The normalized spacial score (nSPS) is 11.4. The summed E-state index contributed by atoms with van der Waals surface area (Å²) in [4.78, 5) is 16.2. The third-order valence-electron chi connectivity index (χ3n) is 4.15. The van der Waals surface area contributed by atoms with Crippen LogP contribution in [-0.4, -0.2) is 31.8 Å². The van der Waals surface area contributed by atoms with Crippen molar-refractivity contribution in [2.24, 2.45) is 5.10 Å². The predicted octanol–water partition coefficient (Wildman–Crippen LogP) is 3.47. The van der Waals surface area contributed by atoms with Gasteiger partial charge in [-0.3, -0.25) is 14.1 Å². The molecule has 0 atom stereocenters. The van der Waals surface area contributed by atoms with E-state index in [2.05, 4.69) is 15.5 Å². The van der Waals surface area contributed by atoms with Crippen LogP contribution in [0.4, 0.5) is 5.69 Å². The molecule has 0 saturated carbocycles.